The highest BCUT2D eigenvalue weighted by Crippen LogP contribution is 2.30. The number of fused-ring (bicyclic) bond motifs is 1. The number of hydrogen-bond donors (Lipinski definition) is 2. The number of aromatic nitrogens is 5. The average Bonchev–Trinajstić information content (AvgIpc) is 3.47. The number of nitrogens with zero attached hydrogens (tertiary/aromatic N) is 5. The Labute approximate surface area is 196 Å². The summed E-state index contributed by atoms with van der Waals surface area (Å²) in [6.07, 6.45) is -0.528. The molecule has 0 bridgehead atoms. The summed E-state index contributed by atoms with van der Waals surface area (Å²) in [7, 11) is -4.61. The van der Waals surface area contributed by atoms with Crippen molar-refractivity contribution in [3.63, 3.8) is 0 Å². The quantitative estimate of drug-likeness (QED) is 0.342. The average molecular weight is 509 g/mol. The SMILES string of the molecule is NCCN(OC(=O)C(F)(F)F)S(=O)(=O)c1ccc(-c2ccnc3[nH]c(Cn4ccnn4)cc23)cc1. The molecule has 11 nitrogen and oxygen atoms in total. The fourth-order valence-corrected chi connectivity index (χ4v) is 4.53. The second-order valence-electron chi connectivity index (χ2n) is 7.24. The lowest BCUT2D eigenvalue weighted by molar-refractivity contribution is -0.222. The summed E-state index contributed by atoms with van der Waals surface area (Å²) >= 11 is 0. The summed E-state index contributed by atoms with van der Waals surface area (Å²) in [5, 5.41) is 8.44. The van der Waals surface area contributed by atoms with Crippen molar-refractivity contribution in [1.29, 1.82) is 0 Å². The van der Waals surface area contributed by atoms with Gasteiger partial charge in [0.05, 0.1) is 24.2 Å². The lowest BCUT2D eigenvalue weighted by Gasteiger charge is -2.21. The van der Waals surface area contributed by atoms with Gasteiger partial charge in [-0.3, -0.25) is 0 Å². The summed E-state index contributed by atoms with van der Waals surface area (Å²) in [5.74, 6) is -2.67. The number of sulfonamides is 1. The third-order valence-corrected chi connectivity index (χ3v) is 6.51. The molecule has 3 N–H and O–H groups in total. The van der Waals surface area contributed by atoms with Gasteiger partial charge in [-0.25, -0.2) is 22.9 Å². The van der Waals surface area contributed by atoms with E-state index in [2.05, 4.69) is 25.1 Å². The molecule has 4 rings (SSSR count). The number of carbonyl (C=O) groups is 1. The maximum absolute atomic E-state index is 12.8. The van der Waals surface area contributed by atoms with Crippen LogP contribution in [0.25, 0.3) is 22.2 Å². The maximum Gasteiger partial charge on any atom is 0.492 e. The lowest BCUT2D eigenvalue weighted by atomic mass is 10.0. The molecule has 0 aliphatic heterocycles. The van der Waals surface area contributed by atoms with Crippen LogP contribution in [0.4, 0.5) is 13.2 Å². The number of nitrogens with two attached hydrogens (primary N) is 1. The fourth-order valence-electron chi connectivity index (χ4n) is 3.30. The van der Waals surface area contributed by atoms with Crippen molar-refractivity contribution in [2.75, 3.05) is 13.1 Å². The maximum atomic E-state index is 12.8. The Bertz CT molecular complexity index is 1440. The predicted molar refractivity (Wildman–Crippen MR) is 116 cm³/mol. The van der Waals surface area contributed by atoms with E-state index < -0.39 is 28.7 Å². The van der Waals surface area contributed by atoms with E-state index in [0.717, 1.165) is 16.6 Å². The second kappa shape index (κ2) is 9.44. The molecular weight excluding hydrogens is 491 g/mol. The van der Waals surface area contributed by atoms with Crippen molar-refractivity contribution in [3.8, 4) is 11.1 Å². The van der Waals surface area contributed by atoms with Gasteiger partial charge < -0.3 is 15.6 Å². The molecule has 0 aliphatic rings. The van der Waals surface area contributed by atoms with E-state index in [1.807, 2.05) is 6.07 Å². The van der Waals surface area contributed by atoms with E-state index in [9.17, 15) is 26.4 Å². The van der Waals surface area contributed by atoms with E-state index >= 15 is 0 Å². The molecule has 15 heteroatoms. The van der Waals surface area contributed by atoms with Gasteiger partial charge in [0.1, 0.15) is 5.65 Å². The molecule has 3 heterocycles. The number of aromatic amines is 1. The van der Waals surface area contributed by atoms with Crippen LogP contribution < -0.4 is 5.73 Å². The van der Waals surface area contributed by atoms with Crippen LogP contribution in [0, 0.1) is 0 Å². The molecule has 1 aromatic carbocycles. The van der Waals surface area contributed by atoms with Gasteiger partial charge in [-0.2, -0.15) is 13.2 Å². The number of halogens is 3. The Morgan fingerprint density at radius 3 is 2.54 bits per heavy atom. The third-order valence-electron chi connectivity index (χ3n) is 4.85. The summed E-state index contributed by atoms with van der Waals surface area (Å²) in [6.45, 7) is -0.600. The Hall–Kier alpha value is -3.82. The summed E-state index contributed by atoms with van der Waals surface area (Å²) in [6, 6.07) is 8.99. The van der Waals surface area contributed by atoms with E-state index in [0.29, 0.717) is 17.8 Å². The largest absolute Gasteiger partial charge is 0.492 e. The van der Waals surface area contributed by atoms with Gasteiger partial charge in [0, 0.05) is 30.0 Å². The van der Waals surface area contributed by atoms with Crippen molar-refractivity contribution in [2.24, 2.45) is 5.73 Å². The van der Waals surface area contributed by atoms with Gasteiger partial charge in [0.2, 0.25) is 0 Å². The van der Waals surface area contributed by atoms with Crippen LogP contribution >= 0.6 is 0 Å². The third kappa shape index (κ3) is 5.16. The molecular formula is C20H18F3N7O4S. The summed E-state index contributed by atoms with van der Waals surface area (Å²) < 4.78 is 64.9. The highest BCUT2D eigenvalue weighted by atomic mass is 32.2. The van der Waals surface area contributed by atoms with Gasteiger partial charge in [0.25, 0.3) is 10.0 Å². The number of alkyl halides is 3. The number of pyridine rings is 1. The van der Waals surface area contributed by atoms with Gasteiger partial charge in [0.15, 0.2) is 0 Å². The minimum Gasteiger partial charge on any atom is -0.345 e. The number of carbonyl (C=O) groups excluding carboxylic acids is 1. The van der Waals surface area contributed by atoms with Gasteiger partial charge in [-0.05, 0) is 39.9 Å². The first kappa shape index (κ1) is 24.3. The molecule has 0 radical (unpaired) electrons. The number of nitrogens with one attached hydrogen (secondary N) is 1. The molecule has 0 amide bonds. The smallest absolute Gasteiger partial charge is 0.345 e. The molecule has 35 heavy (non-hydrogen) atoms. The summed E-state index contributed by atoms with van der Waals surface area (Å²) in [4.78, 5) is 22.4. The molecule has 0 atom stereocenters. The molecule has 0 saturated carbocycles. The first-order chi connectivity index (χ1) is 16.6. The Morgan fingerprint density at radius 2 is 1.91 bits per heavy atom. The number of hydroxylamine groups is 1. The van der Waals surface area contributed by atoms with E-state index in [4.69, 9.17) is 5.73 Å². The van der Waals surface area contributed by atoms with Crippen molar-refractivity contribution in [1.82, 2.24) is 29.4 Å². The van der Waals surface area contributed by atoms with E-state index in [1.54, 1.807) is 29.3 Å². The monoisotopic (exact) mass is 509 g/mol. The molecule has 0 spiro atoms. The van der Waals surface area contributed by atoms with Crippen LogP contribution in [0.15, 0.2) is 59.9 Å². The zero-order chi connectivity index (χ0) is 25.2. The van der Waals surface area contributed by atoms with Crippen molar-refractivity contribution >= 4 is 27.0 Å². The number of benzene rings is 1. The van der Waals surface area contributed by atoms with E-state index in [1.165, 1.54) is 24.3 Å². The molecule has 0 unspecified atom stereocenters. The highest BCUT2D eigenvalue weighted by Gasteiger charge is 2.44. The Morgan fingerprint density at radius 1 is 1.17 bits per heavy atom. The molecule has 3 aromatic heterocycles. The predicted octanol–water partition coefficient (Wildman–Crippen LogP) is 1.84. The molecule has 0 saturated heterocycles. The molecule has 0 aliphatic carbocycles. The van der Waals surface area contributed by atoms with Crippen LogP contribution in [-0.2, 0) is 26.2 Å². The highest BCUT2D eigenvalue weighted by molar-refractivity contribution is 7.89. The zero-order valence-electron chi connectivity index (χ0n) is 17.8. The van der Waals surface area contributed by atoms with E-state index in [-0.39, 0.29) is 15.9 Å². The molecule has 4 aromatic rings. The summed E-state index contributed by atoms with van der Waals surface area (Å²) in [5.41, 5.74) is 8.07. The lowest BCUT2D eigenvalue weighted by Crippen LogP contribution is -2.41. The Balaban J connectivity index is 1.62. The topological polar surface area (TPSA) is 149 Å². The van der Waals surface area contributed by atoms with Crippen LogP contribution in [0.2, 0.25) is 0 Å². The first-order valence-electron chi connectivity index (χ1n) is 10.0. The number of hydrogen-bond acceptors (Lipinski definition) is 8. The van der Waals surface area contributed by atoms with Gasteiger partial charge >= 0.3 is 12.1 Å². The minimum atomic E-state index is -5.37. The van der Waals surface area contributed by atoms with Gasteiger partial charge in [-0.1, -0.05) is 17.3 Å². The van der Waals surface area contributed by atoms with Crippen LogP contribution in [0.1, 0.15) is 5.69 Å². The number of H-pyrrole nitrogens is 1. The van der Waals surface area contributed by atoms with Crippen LogP contribution in [-0.4, -0.2) is 63.1 Å². The fraction of sp³-hybridized carbons (Fsp3) is 0.200. The van der Waals surface area contributed by atoms with Gasteiger partial charge in [-0.15, -0.1) is 5.10 Å². The second-order valence-corrected chi connectivity index (χ2v) is 9.07. The zero-order valence-corrected chi connectivity index (χ0v) is 18.6. The number of rotatable bonds is 8. The standard InChI is InChI=1S/C20H18F3N7O4S/c21-20(22,23)19(31)34-30(9-6-24)35(32,33)15-3-1-13(2-4-15)16-5-7-25-18-17(16)11-14(27-18)12-29-10-8-26-28-29/h1-5,7-8,10-11H,6,9,12,24H2,(H,25,27). The van der Waals surface area contributed by atoms with Crippen LogP contribution in [0.5, 0.6) is 0 Å². The normalized spacial score (nSPS) is 12.4. The Kier molecular flexibility index (Phi) is 6.56. The van der Waals surface area contributed by atoms with Crippen molar-refractivity contribution < 1.29 is 31.2 Å². The molecule has 0 fully saturated rings. The molecule has 184 valence electrons. The minimum absolute atomic E-state index is 0.0644. The van der Waals surface area contributed by atoms with Crippen molar-refractivity contribution in [3.05, 3.63) is 60.7 Å². The van der Waals surface area contributed by atoms with Crippen molar-refractivity contribution in [2.45, 2.75) is 17.6 Å². The van der Waals surface area contributed by atoms with Crippen LogP contribution in [0.3, 0.4) is 0 Å². The first-order valence-corrected chi connectivity index (χ1v) is 11.5.